The number of alkyl halides is 3. The fourth-order valence-corrected chi connectivity index (χ4v) is 2.85. The van der Waals surface area contributed by atoms with Crippen molar-refractivity contribution in [1.29, 1.82) is 0 Å². The molecular formula is C15H18F3N5. The van der Waals surface area contributed by atoms with Gasteiger partial charge in [-0.25, -0.2) is 0 Å². The van der Waals surface area contributed by atoms with Gasteiger partial charge in [0.25, 0.3) is 0 Å². The minimum atomic E-state index is -4.45. The summed E-state index contributed by atoms with van der Waals surface area (Å²) in [4.78, 5) is 1.22. The van der Waals surface area contributed by atoms with Crippen LogP contribution in [-0.2, 0) is 12.1 Å². The van der Waals surface area contributed by atoms with Crippen LogP contribution in [0.15, 0.2) is 18.2 Å². The monoisotopic (exact) mass is 325 g/mol. The van der Waals surface area contributed by atoms with Crippen LogP contribution in [0.1, 0.15) is 35.4 Å². The van der Waals surface area contributed by atoms with Crippen molar-refractivity contribution in [3.63, 3.8) is 0 Å². The molecule has 0 radical (unpaired) electrons. The lowest BCUT2D eigenvalue weighted by atomic mass is 9.96. The van der Waals surface area contributed by atoms with Crippen LogP contribution in [0.4, 0.5) is 13.2 Å². The van der Waals surface area contributed by atoms with Crippen LogP contribution in [0.5, 0.6) is 0 Å². The summed E-state index contributed by atoms with van der Waals surface area (Å²) in [6.07, 6.45) is -4.07. The molecule has 0 saturated carbocycles. The van der Waals surface area contributed by atoms with Gasteiger partial charge in [-0.15, -0.1) is 10.2 Å². The number of tetrazole rings is 1. The molecule has 1 atom stereocenters. The van der Waals surface area contributed by atoms with Gasteiger partial charge in [0.1, 0.15) is 0 Å². The van der Waals surface area contributed by atoms with Gasteiger partial charge >= 0.3 is 6.18 Å². The normalized spacial score (nSPS) is 21.8. The Morgan fingerprint density at radius 2 is 2.04 bits per heavy atom. The lowest BCUT2D eigenvalue weighted by Gasteiger charge is -2.28. The standard InChI is InChI=1S/C15H18F3N5/c1-10-4-5-12(8-11(10)2)9-23-21-13(20-22-23)14(15(16,17)18)6-3-7-19-14/h4-5,8,19H,3,6-7,9H2,1-2H3. The largest absolute Gasteiger partial charge is 0.414 e. The van der Waals surface area contributed by atoms with Gasteiger partial charge in [0.15, 0.2) is 5.54 Å². The first-order chi connectivity index (χ1) is 10.8. The summed E-state index contributed by atoms with van der Waals surface area (Å²) in [5, 5.41) is 14.0. The van der Waals surface area contributed by atoms with Crippen LogP contribution >= 0.6 is 0 Å². The molecule has 0 amide bonds. The highest BCUT2D eigenvalue weighted by Gasteiger charge is 2.60. The van der Waals surface area contributed by atoms with E-state index in [0.29, 0.717) is 19.5 Å². The van der Waals surface area contributed by atoms with E-state index in [1.165, 1.54) is 4.80 Å². The second kappa shape index (κ2) is 5.59. The average Bonchev–Trinajstić information content (AvgIpc) is 3.11. The van der Waals surface area contributed by atoms with Crippen LogP contribution in [0, 0.1) is 13.8 Å². The summed E-state index contributed by atoms with van der Waals surface area (Å²) in [5.41, 5.74) is 1.03. The molecule has 23 heavy (non-hydrogen) atoms. The zero-order valence-electron chi connectivity index (χ0n) is 13.0. The molecule has 1 fully saturated rings. The molecule has 0 bridgehead atoms. The molecule has 0 aliphatic carbocycles. The van der Waals surface area contributed by atoms with E-state index in [-0.39, 0.29) is 12.2 Å². The zero-order valence-corrected chi connectivity index (χ0v) is 13.0. The summed E-state index contributed by atoms with van der Waals surface area (Å²) < 4.78 is 40.4. The van der Waals surface area contributed by atoms with Crippen molar-refractivity contribution in [1.82, 2.24) is 25.5 Å². The molecule has 8 heteroatoms. The van der Waals surface area contributed by atoms with E-state index in [1.54, 1.807) is 0 Å². The number of aryl methyl sites for hydroxylation is 2. The van der Waals surface area contributed by atoms with Crippen molar-refractivity contribution in [2.75, 3.05) is 6.54 Å². The van der Waals surface area contributed by atoms with Crippen molar-refractivity contribution in [2.24, 2.45) is 0 Å². The fraction of sp³-hybridized carbons (Fsp3) is 0.533. The molecule has 1 N–H and O–H groups in total. The van der Waals surface area contributed by atoms with Gasteiger partial charge in [0.05, 0.1) is 6.54 Å². The number of halogens is 3. The zero-order chi connectivity index (χ0) is 16.7. The number of hydrogen-bond donors (Lipinski definition) is 1. The second-order valence-electron chi connectivity index (χ2n) is 6.00. The topological polar surface area (TPSA) is 55.6 Å². The van der Waals surface area contributed by atoms with E-state index < -0.39 is 11.7 Å². The Morgan fingerprint density at radius 1 is 1.26 bits per heavy atom. The molecule has 0 spiro atoms. The van der Waals surface area contributed by atoms with Gasteiger partial charge in [-0.3, -0.25) is 5.32 Å². The molecule has 1 aromatic carbocycles. The Morgan fingerprint density at radius 3 is 2.65 bits per heavy atom. The summed E-state index contributed by atoms with van der Waals surface area (Å²) in [6.45, 7) is 4.58. The molecular weight excluding hydrogens is 307 g/mol. The highest BCUT2D eigenvalue weighted by atomic mass is 19.4. The van der Waals surface area contributed by atoms with Crippen LogP contribution in [-0.4, -0.2) is 32.9 Å². The smallest absolute Gasteiger partial charge is 0.297 e. The summed E-state index contributed by atoms with van der Waals surface area (Å²) >= 11 is 0. The molecule has 1 aliphatic rings. The van der Waals surface area contributed by atoms with Crippen LogP contribution in [0.25, 0.3) is 0 Å². The molecule has 124 valence electrons. The van der Waals surface area contributed by atoms with Gasteiger partial charge in [0, 0.05) is 0 Å². The van der Waals surface area contributed by atoms with Crippen molar-refractivity contribution < 1.29 is 13.2 Å². The van der Waals surface area contributed by atoms with E-state index in [9.17, 15) is 13.2 Å². The molecule has 3 rings (SSSR count). The van der Waals surface area contributed by atoms with Crippen molar-refractivity contribution in [3.05, 3.63) is 40.7 Å². The predicted molar refractivity (Wildman–Crippen MR) is 77.8 cm³/mol. The van der Waals surface area contributed by atoms with Crippen molar-refractivity contribution in [2.45, 2.75) is 44.9 Å². The molecule has 5 nitrogen and oxygen atoms in total. The summed E-state index contributed by atoms with van der Waals surface area (Å²) in [7, 11) is 0. The number of hydrogen-bond acceptors (Lipinski definition) is 4. The van der Waals surface area contributed by atoms with E-state index >= 15 is 0 Å². The highest BCUT2D eigenvalue weighted by Crippen LogP contribution is 2.43. The fourth-order valence-electron chi connectivity index (χ4n) is 2.85. The second-order valence-corrected chi connectivity index (χ2v) is 6.00. The maximum Gasteiger partial charge on any atom is 0.414 e. The first-order valence-corrected chi connectivity index (χ1v) is 7.48. The first kappa shape index (κ1) is 15.9. The van der Waals surface area contributed by atoms with Gasteiger partial charge in [0.2, 0.25) is 5.82 Å². The maximum absolute atomic E-state index is 13.5. The number of benzene rings is 1. The number of rotatable bonds is 3. The minimum absolute atomic E-state index is 0.0637. The Hall–Kier alpha value is -1.96. The third-order valence-corrected chi connectivity index (χ3v) is 4.37. The van der Waals surface area contributed by atoms with Crippen molar-refractivity contribution >= 4 is 0 Å². The first-order valence-electron chi connectivity index (χ1n) is 7.48. The lowest BCUT2D eigenvalue weighted by Crippen LogP contribution is -2.50. The molecule has 1 aliphatic heterocycles. The van der Waals surface area contributed by atoms with Crippen molar-refractivity contribution in [3.8, 4) is 0 Å². The third-order valence-electron chi connectivity index (χ3n) is 4.37. The molecule has 1 saturated heterocycles. The maximum atomic E-state index is 13.5. The van der Waals surface area contributed by atoms with E-state index in [2.05, 4.69) is 20.7 Å². The van der Waals surface area contributed by atoms with E-state index in [0.717, 1.165) is 16.7 Å². The van der Waals surface area contributed by atoms with E-state index in [1.807, 2.05) is 32.0 Å². The van der Waals surface area contributed by atoms with Gasteiger partial charge in [-0.2, -0.15) is 18.0 Å². The summed E-state index contributed by atoms with van der Waals surface area (Å²) in [5.74, 6) is -0.300. The van der Waals surface area contributed by atoms with Gasteiger partial charge < -0.3 is 0 Å². The van der Waals surface area contributed by atoms with E-state index in [4.69, 9.17) is 0 Å². The van der Waals surface area contributed by atoms with Crippen LogP contribution in [0.2, 0.25) is 0 Å². The molecule has 2 heterocycles. The Balaban J connectivity index is 1.86. The Labute approximate surface area is 131 Å². The highest BCUT2D eigenvalue weighted by molar-refractivity contribution is 5.29. The SMILES string of the molecule is Cc1ccc(Cn2nnc(C3(C(F)(F)F)CCCN3)n2)cc1C. The minimum Gasteiger partial charge on any atom is -0.297 e. The van der Waals surface area contributed by atoms with Crippen LogP contribution in [0.3, 0.4) is 0 Å². The summed E-state index contributed by atoms with van der Waals surface area (Å²) in [6, 6.07) is 5.86. The quantitative estimate of drug-likeness (QED) is 0.942. The third kappa shape index (κ3) is 2.83. The average molecular weight is 325 g/mol. The van der Waals surface area contributed by atoms with Gasteiger partial charge in [-0.1, -0.05) is 18.2 Å². The molecule has 1 aromatic heterocycles. The lowest BCUT2D eigenvalue weighted by molar-refractivity contribution is -0.198. The number of aromatic nitrogens is 4. The molecule has 2 aromatic rings. The Bertz CT molecular complexity index is 701. The number of nitrogens with one attached hydrogen (secondary N) is 1. The number of nitrogens with zero attached hydrogens (tertiary/aromatic N) is 4. The van der Waals surface area contributed by atoms with Gasteiger partial charge in [-0.05, 0) is 55.1 Å². The van der Waals surface area contributed by atoms with Crippen LogP contribution < -0.4 is 5.32 Å². The molecule has 1 unspecified atom stereocenters. The predicted octanol–water partition coefficient (Wildman–Crippen LogP) is 2.48. The Kier molecular flexibility index (Phi) is 3.87.